The minimum atomic E-state index is -2.60. The van der Waals surface area contributed by atoms with E-state index >= 15 is 0 Å². The number of rotatable bonds is 18. The predicted octanol–water partition coefficient (Wildman–Crippen LogP) is 13.5. The van der Waals surface area contributed by atoms with Crippen molar-refractivity contribution in [2.75, 3.05) is 79.3 Å². The van der Waals surface area contributed by atoms with Crippen molar-refractivity contribution in [2.45, 2.75) is 318 Å². The highest BCUT2D eigenvalue weighted by Crippen LogP contribution is 2.56. The summed E-state index contributed by atoms with van der Waals surface area (Å²) in [7, 11) is 0. The van der Waals surface area contributed by atoms with E-state index in [2.05, 4.69) is 60.2 Å². The molecule has 714 valence electrons. The van der Waals surface area contributed by atoms with E-state index in [-0.39, 0.29) is 166 Å². The van der Waals surface area contributed by atoms with Gasteiger partial charge in [-0.15, -0.1) is 0 Å². The predicted molar refractivity (Wildman–Crippen MR) is 439 cm³/mol. The highest BCUT2D eigenvalue weighted by molar-refractivity contribution is 5.15. The van der Waals surface area contributed by atoms with Crippen LogP contribution in [0.1, 0.15) is 209 Å². The maximum Gasteiger partial charge on any atom is 0.255 e. The summed E-state index contributed by atoms with van der Waals surface area (Å²) >= 11 is 0. The number of hydrogen-bond donors (Lipinski definition) is 16. The fraction of sp³-hybridized carbons (Fsp3) is 1.00. The zero-order valence-electron chi connectivity index (χ0n) is 74.6. The summed E-state index contributed by atoms with van der Waals surface area (Å²) < 4.78 is 128. The standard InChI is InChI=1S/C7H12F2O.2C7H13FO2.4C7H13N3O.3C6H10F2O.2C6H11N3O2/c1-5-3-7(9,4-10)6(5,2)8;2*1-5-3-7(8,4-9)6(5,2)10;4*1-5-3-6(4-11)7(5,2)9-10-8;2*1-4-2-6(8,3-9)5(4)7;1-4-2-5(3-9)6(4,7)8;2*1-4-2-6(11,3-10)5(4)8-9-7/h5,10H,3-4H2,1-2H3;2*5,9-10H,3-4H2,1-2H3;4*5-6,11H,3-4H2,1-2H3;3*4-5,9H,2-3H2,1H3;2*4-5,10-11H,2-3H2,1H3. The van der Waals surface area contributed by atoms with Crippen LogP contribution in [0.15, 0.2) is 30.7 Å². The van der Waals surface area contributed by atoms with Gasteiger partial charge in [-0.2, -0.15) is 0 Å². The van der Waals surface area contributed by atoms with Crippen molar-refractivity contribution < 1.29 is 126 Å². The second-order valence-electron chi connectivity index (χ2n) is 38.2. The molecule has 12 fully saturated rings. The van der Waals surface area contributed by atoms with Gasteiger partial charge in [0.25, 0.3) is 5.92 Å². The van der Waals surface area contributed by atoms with E-state index in [1.807, 2.05) is 69.2 Å². The molecule has 12 aliphatic carbocycles. The van der Waals surface area contributed by atoms with Gasteiger partial charge in [-0.3, -0.25) is 0 Å². The molecule has 35 unspecified atom stereocenters. The van der Waals surface area contributed by atoms with Crippen LogP contribution in [0.5, 0.6) is 0 Å². The van der Waals surface area contributed by atoms with Gasteiger partial charge in [-0.25, -0.2) is 43.9 Å². The quantitative estimate of drug-likeness (QED) is 0.0262. The van der Waals surface area contributed by atoms with Crippen molar-refractivity contribution in [3.63, 3.8) is 0 Å². The Morgan fingerprint density at radius 2 is 0.537 bits per heavy atom. The van der Waals surface area contributed by atoms with Gasteiger partial charge in [0.15, 0.2) is 28.3 Å². The summed E-state index contributed by atoms with van der Waals surface area (Å²) in [6.45, 7) is 29.8. The number of hydrogen-bond acceptors (Lipinski definition) is 22. The Balaban J connectivity index is 0.000000671. The molecule has 12 saturated carbocycles. The molecule has 34 nitrogen and oxygen atoms in total. The Bertz CT molecular complexity index is 3280. The maximum absolute atomic E-state index is 13.2. The van der Waals surface area contributed by atoms with E-state index in [0.29, 0.717) is 42.9 Å². The molecule has 0 spiro atoms. The Kier molecular flexibility index (Phi) is 43.4. The molecule has 35 atom stereocenters. The van der Waals surface area contributed by atoms with Crippen molar-refractivity contribution in [1.82, 2.24) is 0 Å². The average molecular weight is 1790 g/mol. The molecule has 0 radical (unpaired) electrons. The monoisotopic (exact) mass is 1790 g/mol. The molecule has 0 aromatic carbocycles. The SMILES string of the molecule is CC1CC(CO)C1(C)N=[N+]=[N-].CC1CC(CO)C1(C)N=[N+]=[N-].CC1CC(CO)C1(C)N=[N+]=[N-].CC1CC(CO)C1(C)N=[N+]=[N-].CC1CC(CO)C1(F)F.CC1CC(F)(CO)C1(C)F.CC1CC(F)(CO)C1(C)O.CC1CC(F)(CO)C1(C)O.CC1CC(F)(CO)C1F.CC1CC(F)(CO)C1F.CC1CC(O)(CO)C1N=[N+]=[N-].CC1CC(O)(CO)C1N=[N+]=[N-]. The molecule has 0 bridgehead atoms. The third-order valence-electron chi connectivity index (χ3n) is 30.3. The molecule has 44 heteroatoms. The first-order valence-corrected chi connectivity index (χ1v) is 41.8. The first-order chi connectivity index (χ1) is 56.5. The van der Waals surface area contributed by atoms with Gasteiger partial charge in [0.05, 0.1) is 98.3 Å². The van der Waals surface area contributed by atoms with Crippen LogP contribution in [-0.2, 0) is 0 Å². The first-order valence-electron chi connectivity index (χ1n) is 41.8. The fourth-order valence-corrected chi connectivity index (χ4v) is 17.9. The topological polar surface area (TPSA) is 616 Å². The van der Waals surface area contributed by atoms with Gasteiger partial charge >= 0.3 is 0 Å². The molecule has 0 heterocycles. The Morgan fingerprint density at radius 3 is 0.634 bits per heavy atom. The molecular formula is C79H142F10N18O16. The smallest absolute Gasteiger partial charge is 0.255 e. The van der Waals surface area contributed by atoms with E-state index in [4.69, 9.17) is 94.5 Å². The summed E-state index contributed by atoms with van der Waals surface area (Å²) in [5, 5.41) is 163. The lowest BCUT2D eigenvalue weighted by atomic mass is 9.61. The van der Waals surface area contributed by atoms with Crippen molar-refractivity contribution in [2.24, 2.45) is 131 Å². The lowest BCUT2D eigenvalue weighted by molar-refractivity contribution is -0.223. The number of aliphatic hydroxyl groups excluding tert-OH is 12. The fourth-order valence-electron chi connectivity index (χ4n) is 17.9. The molecule has 123 heavy (non-hydrogen) atoms. The summed E-state index contributed by atoms with van der Waals surface area (Å²) in [6, 6.07) is -0.921. The molecule has 0 aromatic heterocycles. The number of alkyl halides is 10. The Hall–Kier alpha value is -5.48. The van der Waals surface area contributed by atoms with E-state index in [1.54, 1.807) is 34.6 Å². The minimum absolute atomic E-state index is 0.0513. The molecular weight excluding hydrogens is 1650 g/mol. The second-order valence-corrected chi connectivity index (χ2v) is 38.2. The zero-order valence-corrected chi connectivity index (χ0v) is 74.6. The summed E-state index contributed by atoms with van der Waals surface area (Å²) in [5.74, 6) is -2.15. The molecule has 0 aliphatic heterocycles. The van der Waals surface area contributed by atoms with Gasteiger partial charge in [-0.05, 0) is 220 Å². The Labute approximate surface area is 713 Å². The van der Waals surface area contributed by atoms with Crippen molar-refractivity contribution >= 4 is 0 Å². The second kappa shape index (κ2) is 46.2. The van der Waals surface area contributed by atoms with Gasteiger partial charge in [-0.1, -0.05) is 141 Å². The van der Waals surface area contributed by atoms with Gasteiger partial charge in [0, 0.05) is 67.7 Å². The van der Waals surface area contributed by atoms with Crippen LogP contribution in [0.25, 0.3) is 62.7 Å². The van der Waals surface area contributed by atoms with Gasteiger partial charge in [0.1, 0.15) is 29.2 Å². The van der Waals surface area contributed by atoms with Crippen LogP contribution in [0, 0.1) is 101 Å². The zero-order chi connectivity index (χ0) is 96.1. The van der Waals surface area contributed by atoms with E-state index in [1.165, 1.54) is 27.7 Å². The lowest BCUT2D eigenvalue weighted by Gasteiger charge is -2.52. The van der Waals surface area contributed by atoms with E-state index < -0.39 is 132 Å². The normalized spacial score (nSPS) is 46.4. The third-order valence-corrected chi connectivity index (χ3v) is 30.3. The van der Waals surface area contributed by atoms with Crippen LogP contribution >= 0.6 is 0 Å². The number of nitrogens with zero attached hydrogens (tertiary/aromatic N) is 18. The van der Waals surface area contributed by atoms with Gasteiger partial charge in [0.2, 0.25) is 0 Å². The first kappa shape index (κ1) is 116. The number of aliphatic hydroxyl groups is 16. The number of halogens is 10. The van der Waals surface area contributed by atoms with Crippen LogP contribution in [0.2, 0.25) is 0 Å². The Morgan fingerprint density at radius 1 is 0.293 bits per heavy atom. The minimum Gasteiger partial charge on any atom is -0.396 e. The molecule has 16 N–H and O–H groups in total. The van der Waals surface area contributed by atoms with Crippen molar-refractivity contribution in [3.05, 3.63) is 62.7 Å². The van der Waals surface area contributed by atoms with Crippen molar-refractivity contribution in [3.8, 4) is 0 Å². The maximum atomic E-state index is 13.2. The van der Waals surface area contributed by atoms with E-state index in [0.717, 1.165) is 25.7 Å². The van der Waals surface area contributed by atoms with Crippen LogP contribution < -0.4 is 0 Å². The molecule has 0 amide bonds. The molecule has 0 aromatic rings. The van der Waals surface area contributed by atoms with Crippen LogP contribution in [0.3, 0.4) is 0 Å². The van der Waals surface area contributed by atoms with Crippen LogP contribution in [0.4, 0.5) is 43.9 Å². The largest absolute Gasteiger partial charge is 0.396 e. The van der Waals surface area contributed by atoms with Crippen molar-refractivity contribution in [1.29, 1.82) is 0 Å². The highest BCUT2D eigenvalue weighted by Gasteiger charge is 2.65. The summed E-state index contributed by atoms with van der Waals surface area (Å²) in [4.78, 5) is 16.4. The third kappa shape index (κ3) is 24.9. The van der Waals surface area contributed by atoms with Gasteiger partial charge < -0.3 is 81.7 Å². The summed E-state index contributed by atoms with van der Waals surface area (Å²) in [5.41, 5.74) is 31.8. The molecule has 0 saturated heterocycles. The average Bonchev–Trinajstić information content (AvgIpc) is 0.736. The van der Waals surface area contributed by atoms with E-state index in [9.17, 15) is 64.3 Å². The molecule has 12 rings (SSSR count). The van der Waals surface area contributed by atoms with Crippen LogP contribution in [-0.4, -0.2) is 270 Å². The number of azide groups is 6. The summed E-state index contributed by atoms with van der Waals surface area (Å²) in [6.07, 6.45) is 3.39. The highest BCUT2D eigenvalue weighted by atomic mass is 19.3. The molecule has 12 aliphatic rings. The lowest BCUT2D eigenvalue weighted by Crippen LogP contribution is -2.65.